The Balaban J connectivity index is 1.68. The molecule has 0 amide bonds. The van der Waals surface area contributed by atoms with Gasteiger partial charge in [0.15, 0.2) is 0 Å². The molecule has 5 nitrogen and oxygen atoms in total. The third kappa shape index (κ3) is 4.82. The van der Waals surface area contributed by atoms with Crippen LogP contribution in [0.3, 0.4) is 0 Å². The van der Waals surface area contributed by atoms with E-state index in [0.717, 1.165) is 43.9 Å². The molecule has 146 valence electrons. The van der Waals surface area contributed by atoms with Crippen LogP contribution < -0.4 is 9.62 Å². The molecule has 27 heavy (non-hydrogen) atoms. The third-order valence-electron chi connectivity index (χ3n) is 5.36. The molecule has 6 heteroatoms. The predicted octanol–water partition coefficient (Wildman–Crippen LogP) is 3.75. The highest BCUT2D eigenvalue weighted by atomic mass is 32.2. The Morgan fingerprint density at radius 3 is 2.11 bits per heavy atom. The number of rotatable bonds is 6. The summed E-state index contributed by atoms with van der Waals surface area (Å²) in [5, 5.41) is 0. The van der Waals surface area contributed by atoms with Crippen LogP contribution in [0, 0.1) is 0 Å². The van der Waals surface area contributed by atoms with Crippen molar-refractivity contribution in [1.29, 1.82) is 0 Å². The Hall–Kier alpha value is -2.05. The fraction of sp³-hybridized carbons (Fsp3) is 0.429. The summed E-state index contributed by atoms with van der Waals surface area (Å²) in [5.41, 5.74) is 2.87. The second-order valence-corrected chi connectivity index (χ2v) is 9.00. The van der Waals surface area contributed by atoms with Crippen LogP contribution in [0.2, 0.25) is 0 Å². The first-order chi connectivity index (χ1) is 12.9. The van der Waals surface area contributed by atoms with E-state index in [1.807, 2.05) is 36.4 Å². The lowest BCUT2D eigenvalue weighted by atomic mass is 9.99. The van der Waals surface area contributed by atoms with Gasteiger partial charge in [-0.25, -0.2) is 8.42 Å². The number of piperazine rings is 1. The Labute approximate surface area is 163 Å². The van der Waals surface area contributed by atoms with Gasteiger partial charge in [-0.2, -0.15) is 0 Å². The highest BCUT2D eigenvalue weighted by Gasteiger charge is 2.17. The largest absolute Gasteiger partial charge is 0.369 e. The number of nitrogens with zero attached hydrogens (tertiary/aromatic N) is 2. The molecule has 1 saturated heterocycles. The lowest BCUT2D eigenvalue weighted by Crippen LogP contribution is -2.44. The van der Waals surface area contributed by atoms with E-state index in [4.69, 9.17) is 0 Å². The van der Waals surface area contributed by atoms with E-state index < -0.39 is 10.0 Å². The zero-order valence-electron chi connectivity index (χ0n) is 16.4. The summed E-state index contributed by atoms with van der Waals surface area (Å²) < 4.78 is 28.0. The maximum Gasteiger partial charge on any atom is 0.261 e. The van der Waals surface area contributed by atoms with Crippen LogP contribution in [0.4, 0.5) is 11.4 Å². The molecule has 3 rings (SSSR count). The second-order valence-electron chi connectivity index (χ2n) is 7.32. The molecular formula is C21H29N3O2S. The van der Waals surface area contributed by atoms with Gasteiger partial charge in [-0.1, -0.05) is 26.0 Å². The minimum atomic E-state index is -3.58. The van der Waals surface area contributed by atoms with Gasteiger partial charge in [0.2, 0.25) is 0 Å². The first-order valence-electron chi connectivity index (χ1n) is 9.55. The van der Waals surface area contributed by atoms with Gasteiger partial charge in [-0.15, -0.1) is 0 Å². The number of sulfonamides is 1. The van der Waals surface area contributed by atoms with Crippen LogP contribution in [0.5, 0.6) is 0 Å². The summed E-state index contributed by atoms with van der Waals surface area (Å²) in [4.78, 5) is 4.93. The zero-order valence-corrected chi connectivity index (χ0v) is 17.2. The van der Waals surface area contributed by atoms with Crippen molar-refractivity contribution in [3.05, 3.63) is 54.1 Å². The second kappa shape index (κ2) is 8.31. The molecule has 0 radical (unpaired) electrons. The van der Waals surface area contributed by atoms with Crippen molar-refractivity contribution in [2.75, 3.05) is 42.8 Å². The monoisotopic (exact) mass is 387 g/mol. The van der Waals surface area contributed by atoms with Crippen LogP contribution in [0.15, 0.2) is 53.4 Å². The number of nitrogens with one attached hydrogen (secondary N) is 1. The van der Waals surface area contributed by atoms with Gasteiger partial charge in [-0.3, -0.25) is 4.72 Å². The van der Waals surface area contributed by atoms with Crippen LogP contribution in [0.1, 0.15) is 31.7 Å². The van der Waals surface area contributed by atoms with Crippen molar-refractivity contribution >= 4 is 21.4 Å². The lowest BCUT2D eigenvalue weighted by molar-refractivity contribution is 0.313. The number of likely N-dealkylation sites (N-methyl/N-ethyl adjacent to an activating group) is 1. The van der Waals surface area contributed by atoms with Crippen molar-refractivity contribution in [1.82, 2.24) is 4.90 Å². The van der Waals surface area contributed by atoms with Gasteiger partial charge < -0.3 is 9.80 Å². The molecule has 0 saturated carbocycles. The molecule has 0 spiro atoms. The van der Waals surface area contributed by atoms with Gasteiger partial charge in [0, 0.05) is 37.6 Å². The van der Waals surface area contributed by atoms with Gasteiger partial charge in [-0.05, 0) is 61.3 Å². The zero-order chi connectivity index (χ0) is 19.4. The molecule has 0 unspecified atom stereocenters. The van der Waals surface area contributed by atoms with Gasteiger partial charge >= 0.3 is 0 Å². The van der Waals surface area contributed by atoms with Crippen molar-refractivity contribution in [2.24, 2.45) is 0 Å². The molecule has 1 heterocycles. The Bertz CT molecular complexity index is 840. The van der Waals surface area contributed by atoms with E-state index in [9.17, 15) is 8.42 Å². The number of benzene rings is 2. The summed E-state index contributed by atoms with van der Waals surface area (Å²) in [6.07, 6.45) is 1.03. The molecule has 2 aromatic carbocycles. The Morgan fingerprint density at radius 2 is 1.56 bits per heavy atom. The maximum absolute atomic E-state index is 12.6. The lowest BCUT2D eigenvalue weighted by Gasteiger charge is -2.34. The fourth-order valence-electron chi connectivity index (χ4n) is 3.23. The molecule has 2 aromatic rings. The molecule has 1 atom stereocenters. The normalized spacial score (nSPS) is 16.9. The average molecular weight is 388 g/mol. The van der Waals surface area contributed by atoms with Crippen molar-refractivity contribution in [2.45, 2.75) is 31.1 Å². The van der Waals surface area contributed by atoms with E-state index in [2.05, 4.69) is 35.4 Å². The molecule has 1 fully saturated rings. The first kappa shape index (κ1) is 19.7. The topological polar surface area (TPSA) is 52.7 Å². The van der Waals surface area contributed by atoms with E-state index in [1.54, 1.807) is 12.1 Å². The minimum absolute atomic E-state index is 0.290. The minimum Gasteiger partial charge on any atom is -0.369 e. The highest BCUT2D eigenvalue weighted by Crippen LogP contribution is 2.24. The van der Waals surface area contributed by atoms with Crippen LogP contribution >= 0.6 is 0 Å². The van der Waals surface area contributed by atoms with E-state index in [-0.39, 0.29) is 4.90 Å². The number of hydrogen-bond acceptors (Lipinski definition) is 4. The van der Waals surface area contributed by atoms with E-state index >= 15 is 0 Å². The van der Waals surface area contributed by atoms with Gasteiger partial charge in [0.05, 0.1) is 4.90 Å². The predicted molar refractivity (Wildman–Crippen MR) is 112 cm³/mol. The molecule has 0 aromatic heterocycles. The summed E-state index contributed by atoms with van der Waals surface area (Å²) in [6.45, 7) is 8.34. The van der Waals surface area contributed by atoms with Crippen molar-refractivity contribution in [3.8, 4) is 0 Å². The van der Waals surface area contributed by atoms with Gasteiger partial charge in [0.1, 0.15) is 0 Å². The fourth-order valence-corrected chi connectivity index (χ4v) is 4.29. The van der Waals surface area contributed by atoms with Crippen molar-refractivity contribution in [3.63, 3.8) is 0 Å². The molecular weight excluding hydrogens is 358 g/mol. The van der Waals surface area contributed by atoms with Crippen LogP contribution in [-0.4, -0.2) is 46.5 Å². The number of anilines is 2. The third-order valence-corrected chi connectivity index (χ3v) is 6.76. The quantitative estimate of drug-likeness (QED) is 0.820. The molecule has 1 aliphatic rings. The van der Waals surface area contributed by atoms with Crippen molar-refractivity contribution < 1.29 is 8.42 Å². The molecule has 1 N–H and O–H groups in total. The highest BCUT2D eigenvalue weighted by molar-refractivity contribution is 7.92. The summed E-state index contributed by atoms with van der Waals surface area (Å²) >= 11 is 0. The SMILES string of the molecule is CC[C@H](C)c1ccc(S(=O)(=O)Nc2ccc(N3CCN(C)CC3)cc2)cc1. The molecule has 0 bridgehead atoms. The van der Waals surface area contributed by atoms with E-state index in [0.29, 0.717) is 11.6 Å². The van der Waals surface area contributed by atoms with Crippen LogP contribution in [0.25, 0.3) is 0 Å². The maximum atomic E-state index is 12.6. The van der Waals surface area contributed by atoms with Gasteiger partial charge in [0.25, 0.3) is 10.0 Å². The molecule has 0 aliphatic carbocycles. The Morgan fingerprint density at radius 1 is 0.963 bits per heavy atom. The number of hydrogen-bond donors (Lipinski definition) is 1. The summed E-state index contributed by atoms with van der Waals surface area (Å²) in [6, 6.07) is 14.8. The summed E-state index contributed by atoms with van der Waals surface area (Å²) in [5.74, 6) is 0.428. The average Bonchev–Trinajstić information content (AvgIpc) is 2.68. The smallest absolute Gasteiger partial charge is 0.261 e. The Kier molecular flexibility index (Phi) is 6.07. The van der Waals surface area contributed by atoms with Crippen LogP contribution in [-0.2, 0) is 10.0 Å². The molecule has 1 aliphatic heterocycles. The standard InChI is InChI=1S/C21H29N3O2S/c1-4-17(2)18-5-11-21(12-6-18)27(25,26)22-19-7-9-20(10-8-19)24-15-13-23(3)14-16-24/h5-12,17,22H,4,13-16H2,1-3H3/t17-/m0/s1. The summed E-state index contributed by atoms with van der Waals surface area (Å²) in [7, 11) is -1.45. The van der Waals surface area contributed by atoms with E-state index in [1.165, 1.54) is 0 Å². The first-order valence-corrected chi connectivity index (χ1v) is 11.0.